The van der Waals surface area contributed by atoms with Gasteiger partial charge in [-0.1, -0.05) is 11.6 Å². The van der Waals surface area contributed by atoms with E-state index in [9.17, 15) is 13.2 Å². The van der Waals surface area contributed by atoms with E-state index >= 15 is 0 Å². The molecule has 1 amide bonds. The van der Waals surface area contributed by atoms with Crippen LogP contribution < -0.4 is 5.32 Å². The zero-order chi connectivity index (χ0) is 15.3. The fourth-order valence-corrected chi connectivity index (χ4v) is 2.32. The van der Waals surface area contributed by atoms with Gasteiger partial charge in [-0.2, -0.15) is 0 Å². The number of carbonyl (C=O) groups is 1. The summed E-state index contributed by atoms with van der Waals surface area (Å²) in [5.41, 5.74) is 0.327. The highest BCUT2D eigenvalue weighted by molar-refractivity contribution is 7.90. The average Bonchev–Trinajstić information content (AvgIpc) is 2.37. The molecule has 1 N–H and O–H groups in total. The van der Waals surface area contributed by atoms with E-state index in [0.29, 0.717) is 22.9 Å². The number of carbonyl (C=O) groups excluding carboxylic acids is 1. The van der Waals surface area contributed by atoms with Crippen LogP contribution in [0.5, 0.6) is 0 Å². The Kier molecular flexibility index (Phi) is 5.76. The molecule has 0 fully saturated rings. The molecule has 0 atom stereocenters. The monoisotopic (exact) mass is 319 g/mol. The summed E-state index contributed by atoms with van der Waals surface area (Å²) < 4.78 is 22.2. The molecule has 0 aliphatic rings. The molecule has 1 aromatic heterocycles. The van der Waals surface area contributed by atoms with Crippen molar-refractivity contribution in [3.05, 3.63) is 22.8 Å². The van der Waals surface area contributed by atoms with Crippen molar-refractivity contribution in [2.75, 3.05) is 37.5 Å². The van der Waals surface area contributed by atoms with Crippen LogP contribution in [0, 0.1) is 0 Å². The molecule has 0 radical (unpaired) electrons. The lowest BCUT2D eigenvalue weighted by molar-refractivity contribution is 0.0803. The molecule has 0 unspecified atom stereocenters. The van der Waals surface area contributed by atoms with Gasteiger partial charge in [-0.15, -0.1) is 0 Å². The SMILES string of the molecule is CCNc1ncc(C(=O)N(C)CCS(C)(=O)=O)cc1Cl. The molecular formula is C12H18ClN3O3S. The normalized spacial score (nSPS) is 11.2. The van der Waals surface area contributed by atoms with Crippen LogP contribution in [0.25, 0.3) is 0 Å². The molecule has 1 rings (SSSR count). The number of pyridine rings is 1. The third-order valence-corrected chi connectivity index (χ3v) is 3.79. The maximum atomic E-state index is 12.1. The third kappa shape index (κ3) is 4.97. The second-order valence-electron chi connectivity index (χ2n) is 4.44. The Labute approximate surface area is 124 Å². The Bertz CT molecular complexity index is 590. The number of hydrogen-bond donors (Lipinski definition) is 1. The first-order chi connectivity index (χ1) is 9.24. The van der Waals surface area contributed by atoms with E-state index in [1.54, 1.807) is 7.05 Å². The molecule has 6 nitrogen and oxygen atoms in total. The molecule has 1 heterocycles. The first-order valence-electron chi connectivity index (χ1n) is 6.07. The van der Waals surface area contributed by atoms with Crippen molar-refractivity contribution >= 4 is 33.2 Å². The molecule has 0 bridgehead atoms. The molecule has 0 aromatic carbocycles. The molecule has 0 spiro atoms. The highest BCUT2D eigenvalue weighted by Crippen LogP contribution is 2.20. The van der Waals surface area contributed by atoms with Gasteiger partial charge in [0.1, 0.15) is 15.7 Å². The Hall–Kier alpha value is -1.34. The minimum atomic E-state index is -3.10. The van der Waals surface area contributed by atoms with Crippen molar-refractivity contribution in [2.45, 2.75) is 6.92 Å². The van der Waals surface area contributed by atoms with E-state index in [4.69, 9.17) is 11.6 Å². The Morgan fingerprint density at radius 1 is 1.50 bits per heavy atom. The molecule has 0 saturated carbocycles. The largest absolute Gasteiger partial charge is 0.369 e. The van der Waals surface area contributed by atoms with Crippen molar-refractivity contribution in [2.24, 2.45) is 0 Å². The van der Waals surface area contributed by atoms with E-state index in [0.717, 1.165) is 6.26 Å². The number of rotatable bonds is 6. The van der Waals surface area contributed by atoms with Crippen molar-refractivity contribution in [3.63, 3.8) is 0 Å². The van der Waals surface area contributed by atoms with Crippen molar-refractivity contribution in [1.82, 2.24) is 9.88 Å². The van der Waals surface area contributed by atoms with Crippen LogP contribution >= 0.6 is 11.6 Å². The summed E-state index contributed by atoms with van der Waals surface area (Å²) in [5.74, 6) is 0.127. The summed E-state index contributed by atoms with van der Waals surface area (Å²) in [5, 5.41) is 3.32. The summed E-state index contributed by atoms with van der Waals surface area (Å²) in [6.45, 7) is 2.72. The number of anilines is 1. The second kappa shape index (κ2) is 6.90. The molecule has 0 saturated heterocycles. The summed E-state index contributed by atoms with van der Waals surface area (Å²) in [6.07, 6.45) is 2.55. The van der Waals surface area contributed by atoms with E-state index in [1.807, 2.05) is 6.92 Å². The summed E-state index contributed by atoms with van der Waals surface area (Å²) in [6, 6.07) is 1.52. The maximum Gasteiger partial charge on any atom is 0.255 e. The average molecular weight is 320 g/mol. The highest BCUT2D eigenvalue weighted by Gasteiger charge is 2.15. The fourth-order valence-electron chi connectivity index (χ4n) is 1.48. The number of halogens is 1. The Morgan fingerprint density at radius 3 is 2.65 bits per heavy atom. The second-order valence-corrected chi connectivity index (χ2v) is 7.11. The van der Waals surface area contributed by atoms with Gasteiger partial charge in [0.05, 0.1) is 16.3 Å². The van der Waals surface area contributed by atoms with Gasteiger partial charge < -0.3 is 10.2 Å². The lowest BCUT2D eigenvalue weighted by Crippen LogP contribution is -2.31. The Morgan fingerprint density at radius 2 is 2.15 bits per heavy atom. The topological polar surface area (TPSA) is 79.4 Å². The molecule has 112 valence electrons. The molecule has 0 aliphatic carbocycles. The quantitative estimate of drug-likeness (QED) is 0.854. The van der Waals surface area contributed by atoms with Crippen LogP contribution in [0.15, 0.2) is 12.3 Å². The number of sulfone groups is 1. The van der Waals surface area contributed by atoms with Gasteiger partial charge in [-0.05, 0) is 13.0 Å². The predicted octanol–water partition coefficient (Wildman–Crippen LogP) is 1.28. The van der Waals surface area contributed by atoms with E-state index in [-0.39, 0.29) is 18.2 Å². The van der Waals surface area contributed by atoms with Gasteiger partial charge in [0.2, 0.25) is 0 Å². The molecule has 1 aromatic rings. The molecule has 0 aliphatic heterocycles. The molecular weight excluding hydrogens is 302 g/mol. The first-order valence-corrected chi connectivity index (χ1v) is 8.51. The summed E-state index contributed by atoms with van der Waals surface area (Å²) in [7, 11) is -1.56. The van der Waals surface area contributed by atoms with Crippen LogP contribution in [-0.2, 0) is 9.84 Å². The number of aromatic nitrogens is 1. The lowest BCUT2D eigenvalue weighted by Gasteiger charge is -2.17. The predicted molar refractivity (Wildman–Crippen MR) is 80.1 cm³/mol. The smallest absolute Gasteiger partial charge is 0.255 e. The minimum Gasteiger partial charge on any atom is -0.369 e. The minimum absolute atomic E-state index is 0.0775. The highest BCUT2D eigenvalue weighted by atomic mass is 35.5. The van der Waals surface area contributed by atoms with E-state index in [1.165, 1.54) is 17.2 Å². The first kappa shape index (κ1) is 16.7. The Balaban J connectivity index is 2.79. The number of amides is 1. The lowest BCUT2D eigenvalue weighted by atomic mass is 10.2. The molecule has 8 heteroatoms. The van der Waals surface area contributed by atoms with Crippen LogP contribution in [0.2, 0.25) is 5.02 Å². The van der Waals surface area contributed by atoms with E-state index < -0.39 is 9.84 Å². The zero-order valence-electron chi connectivity index (χ0n) is 11.7. The fraction of sp³-hybridized carbons (Fsp3) is 0.500. The summed E-state index contributed by atoms with van der Waals surface area (Å²) >= 11 is 6.01. The van der Waals surface area contributed by atoms with Crippen LogP contribution in [0.3, 0.4) is 0 Å². The van der Waals surface area contributed by atoms with E-state index in [2.05, 4.69) is 10.3 Å². The zero-order valence-corrected chi connectivity index (χ0v) is 13.3. The van der Waals surface area contributed by atoms with Gasteiger partial charge in [0.25, 0.3) is 5.91 Å². The van der Waals surface area contributed by atoms with Gasteiger partial charge in [0.15, 0.2) is 0 Å². The van der Waals surface area contributed by atoms with Crippen molar-refractivity contribution in [3.8, 4) is 0 Å². The van der Waals surface area contributed by atoms with Crippen LogP contribution in [0.1, 0.15) is 17.3 Å². The van der Waals surface area contributed by atoms with Gasteiger partial charge in [-0.3, -0.25) is 4.79 Å². The standard InChI is InChI=1S/C12H18ClN3O3S/c1-4-14-11-10(13)7-9(8-15-11)12(17)16(2)5-6-20(3,18)19/h7-8H,4-6H2,1-3H3,(H,14,15). The number of nitrogens with zero attached hydrogens (tertiary/aromatic N) is 2. The van der Waals surface area contributed by atoms with Gasteiger partial charge >= 0.3 is 0 Å². The van der Waals surface area contributed by atoms with Crippen molar-refractivity contribution in [1.29, 1.82) is 0 Å². The van der Waals surface area contributed by atoms with Crippen LogP contribution in [-0.4, -0.2) is 56.4 Å². The van der Waals surface area contributed by atoms with Crippen LogP contribution in [0.4, 0.5) is 5.82 Å². The van der Waals surface area contributed by atoms with Gasteiger partial charge in [0, 0.05) is 32.6 Å². The number of hydrogen-bond acceptors (Lipinski definition) is 5. The van der Waals surface area contributed by atoms with Crippen molar-refractivity contribution < 1.29 is 13.2 Å². The van der Waals surface area contributed by atoms with Gasteiger partial charge in [-0.25, -0.2) is 13.4 Å². The maximum absolute atomic E-state index is 12.1. The summed E-state index contributed by atoms with van der Waals surface area (Å²) in [4.78, 5) is 17.5. The number of nitrogens with one attached hydrogen (secondary N) is 1. The third-order valence-electron chi connectivity index (χ3n) is 2.58. The molecule has 20 heavy (non-hydrogen) atoms.